The molecule has 0 saturated heterocycles. The van der Waals surface area contributed by atoms with Crippen molar-refractivity contribution in [3.8, 4) is 17.2 Å². The Balaban J connectivity index is 0.00000100. The van der Waals surface area contributed by atoms with Gasteiger partial charge >= 0.3 is 0 Å². The first-order valence-corrected chi connectivity index (χ1v) is 12.7. The third-order valence-corrected chi connectivity index (χ3v) is 6.52. The normalized spacial score (nSPS) is 10.8. The summed E-state index contributed by atoms with van der Waals surface area (Å²) in [4.78, 5) is 12.2. The van der Waals surface area contributed by atoms with E-state index < -0.39 is 6.16 Å². The molecule has 0 heterocycles. The monoisotopic (exact) mass is 498 g/mol. The van der Waals surface area contributed by atoms with Crippen molar-refractivity contribution < 1.29 is 29.2 Å². The molecular weight excluding hydrogens is 464 g/mol. The Labute approximate surface area is 210 Å². The number of benzene rings is 3. The number of hydrogen-bond donors (Lipinski definition) is 1. The summed E-state index contributed by atoms with van der Waals surface area (Å²) in [7, 11) is -0.244. The molecule has 3 rings (SSSR count). The van der Waals surface area contributed by atoms with E-state index >= 15 is 0 Å². The first-order valence-electron chi connectivity index (χ1n) is 11.5. The van der Waals surface area contributed by atoms with Crippen LogP contribution in [0.15, 0.2) is 87.5 Å². The molecule has 3 aromatic rings. The van der Waals surface area contributed by atoms with Crippen molar-refractivity contribution in [2.24, 2.45) is 0 Å². The predicted octanol–water partition coefficient (Wildman–Crippen LogP) is 6.03. The van der Waals surface area contributed by atoms with E-state index in [0.29, 0.717) is 0 Å². The van der Waals surface area contributed by atoms with Gasteiger partial charge in [0.2, 0.25) is 6.16 Å². The maximum atomic E-state index is 8.44. The van der Waals surface area contributed by atoms with E-state index in [-0.39, 0.29) is 29.2 Å². The van der Waals surface area contributed by atoms with Crippen molar-refractivity contribution in [1.29, 1.82) is 0 Å². The Morgan fingerprint density at radius 2 is 0.800 bits per heavy atom. The summed E-state index contributed by atoms with van der Waals surface area (Å²) in [5.41, 5.74) is 0. The topological polar surface area (TPSA) is 88.1 Å². The first kappa shape index (κ1) is 27.9. The van der Waals surface area contributed by atoms with Crippen LogP contribution in [-0.4, -0.2) is 29.6 Å². The summed E-state index contributed by atoms with van der Waals surface area (Å²) in [5.74, 6) is 2.68. The standard InChI is InChI=1S/C27H33O3S.CH2O3/c1-19(2)28-22-7-13-25(14-8-22)31(26-15-9-23(10-16-26)29-20(3)4)27-17-11-24(12-18-27)30-21(5)6;2-1(3)4/h7-21H,1-6H3;(H2,2,3,4)/q+1;/p-1. The fraction of sp³-hybridized carbons (Fsp3) is 0.321. The van der Waals surface area contributed by atoms with Crippen LogP contribution in [0.25, 0.3) is 0 Å². The van der Waals surface area contributed by atoms with Crippen LogP contribution in [0.4, 0.5) is 4.79 Å². The molecule has 3 aromatic carbocycles. The quantitative estimate of drug-likeness (QED) is 0.362. The second-order valence-electron chi connectivity index (χ2n) is 8.49. The van der Waals surface area contributed by atoms with Crippen molar-refractivity contribution in [2.75, 3.05) is 0 Å². The lowest BCUT2D eigenvalue weighted by Crippen LogP contribution is -2.17. The van der Waals surface area contributed by atoms with Gasteiger partial charge in [-0.1, -0.05) is 0 Å². The molecular formula is C28H34O6S. The van der Waals surface area contributed by atoms with E-state index in [0.717, 1.165) is 17.2 Å². The lowest BCUT2D eigenvalue weighted by atomic mass is 10.3. The lowest BCUT2D eigenvalue weighted by Gasteiger charge is -2.13. The van der Waals surface area contributed by atoms with Crippen LogP contribution >= 0.6 is 0 Å². The Hall–Kier alpha value is -3.32. The number of rotatable bonds is 9. The van der Waals surface area contributed by atoms with Crippen LogP contribution in [0.3, 0.4) is 0 Å². The smallest absolute Gasteiger partial charge is 0.249 e. The number of ether oxygens (including phenoxy) is 3. The molecule has 0 radical (unpaired) electrons. The highest BCUT2D eigenvalue weighted by molar-refractivity contribution is 7.97. The SMILES string of the molecule is CC(C)Oc1ccc([S+](c2ccc(OC(C)C)cc2)c2ccc(OC(C)C)cc2)cc1.O=C([O-])O. The number of carbonyl (C=O) groups is 1. The van der Waals surface area contributed by atoms with Crippen LogP contribution in [0, 0.1) is 0 Å². The molecule has 1 N–H and O–H groups in total. The summed E-state index contributed by atoms with van der Waals surface area (Å²) in [6.45, 7) is 12.3. The molecule has 0 aromatic heterocycles. The van der Waals surface area contributed by atoms with Gasteiger partial charge < -0.3 is 29.2 Å². The van der Waals surface area contributed by atoms with E-state index in [4.69, 9.17) is 29.2 Å². The molecule has 0 unspecified atom stereocenters. The predicted molar refractivity (Wildman–Crippen MR) is 137 cm³/mol. The van der Waals surface area contributed by atoms with E-state index in [2.05, 4.69) is 72.8 Å². The van der Waals surface area contributed by atoms with Gasteiger partial charge in [0.15, 0.2) is 14.7 Å². The Morgan fingerprint density at radius 1 is 0.600 bits per heavy atom. The first-order chi connectivity index (χ1) is 16.5. The van der Waals surface area contributed by atoms with Crippen molar-refractivity contribution in [1.82, 2.24) is 0 Å². The Bertz CT molecular complexity index is 897. The molecule has 0 aliphatic heterocycles. The van der Waals surface area contributed by atoms with Gasteiger partial charge in [-0.05, 0) is 114 Å². The van der Waals surface area contributed by atoms with Crippen LogP contribution in [0.1, 0.15) is 41.5 Å². The number of hydrogen-bond acceptors (Lipinski definition) is 5. The fourth-order valence-corrected chi connectivity index (χ4v) is 5.23. The third-order valence-electron chi connectivity index (χ3n) is 4.29. The summed E-state index contributed by atoms with van der Waals surface area (Å²) >= 11 is 0. The minimum absolute atomic E-state index is 0.158. The molecule has 0 fully saturated rings. The van der Waals surface area contributed by atoms with E-state index in [9.17, 15) is 0 Å². The third kappa shape index (κ3) is 9.83. The summed E-state index contributed by atoms with van der Waals surface area (Å²) < 4.78 is 17.5. The zero-order valence-corrected chi connectivity index (χ0v) is 21.9. The van der Waals surface area contributed by atoms with Crippen LogP contribution in [0.5, 0.6) is 17.2 Å². The highest BCUT2D eigenvalue weighted by Gasteiger charge is 2.29. The molecule has 7 heteroatoms. The number of carboxylic acid groups (broad SMARTS) is 2. The largest absolute Gasteiger partial charge is 0.565 e. The molecule has 0 aliphatic rings. The maximum Gasteiger partial charge on any atom is 0.249 e. The van der Waals surface area contributed by atoms with Crippen molar-refractivity contribution in [3.63, 3.8) is 0 Å². The van der Waals surface area contributed by atoms with E-state index in [1.165, 1.54) is 14.7 Å². The van der Waals surface area contributed by atoms with E-state index in [1.807, 2.05) is 41.5 Å². The summed E-state index contributed by atoms with van der Waals surface area (Å²) in [6, 6.07) is 25.3. The molecule has 0 bridgehead atoms. The van der Waals surface area contributed by atoms with E-state index in [1.54, 1.807) is 0 Å². The molecule has 6 nitrogen and oxygen atoms in total. The molecule has 0 amide bonds. The second kappa shape index (κ2) is 13.5. The van der Waals surface area contributed by atoms with Gasteiger partial charge in [-0.2, -0.15) is 0 Å². The second-order valence-corrected chi connectivity index (χ2v) is 10.5. The van der Waals surface area contributed by atoms with Crippen LogP contribution < -0.4 is 19.3 Å². The highest BCUT2D eigenvalue weighted by atomic mass is 32.2. The lowest BCUT2D eigenvalue weighted by molar-refractivity contribution is -0.275. The Kier molecular flexibility index (Phi) is 10.8. The highest BCUT2D eigenvalue weighted by Crippen LogP contribution is 2.34. The van der Waals surface area contributed by atoms with Crippen molar-refractivity contribution in [2.45, 2.75) is 74.5 Å². The fourth-order valence-electron chi connectivity index (χ4n) is 3.19. The minimum Gasteiger partial charge on any atom is -0.565 e. The van der Waals surface area contributed by atoms with Gasteiger partial charge in [0.05, 0.1) is 29.2 Å². The zero-order valence-electron chi connectivity index (χ0n) is 21.1. The molecule has 0 atom stereocenters. The van der Waals surface area contributed by atoms with Gasteiger partial charge in [-0.25, -0.2) is 0 Å². The molecule has 188 valence electrons. The van der Waals surface area contributed by atoms with Gasteiger partial charge in [0.25, 0.3) is 0 Å². The molecule has 0 saturated carbocycles. The van der Waals surface area contributed by atoms with Gasteiger partial charge in [0, 0.05) is 0 Å². The van der Waals surface area contributed by atoms with Gasteiger partial charge in [-0.3, -0.25) is 0 Å². The average Bonchev–Trinajstić information content (AvgIpc) is 2.76. The van der Waals surface area contributed by atoms with Gasteiger partial charge in [0.1, 0.15) is 17.2 Å². The van der Waals surface area contributed by atoms with Gasteiger partial charge in [-0.15, -0.1) is 0 Å². The molecule has 0 spiro atoms. The minimum atomic E-state index is -2.08. The summed E-state index contributed by atoms with van der Waals surface area (Å²) in [5, 5.41) is 15.3. The Morgan fingerprint density at radius 3 is 0.971 bits per heavy atom. The molecule has 35 heavy (non-hydrogen) atoms. The summed E-state index contributed by atoms with van der Waals surface area (Å²) in [6.07, 6.45) is -1.61. The van der Waals surface area contributed by atoms with Crippen molar-refractivity contribution in [3.05, 3.63) is 72.8 Å². The van der Waals surface area contributed by atoms with Crippen LogP contribution in [0.2, 0.25) is 0 Å². The average molecular weight is 499 g/mol. The zero-order chi connectivity index (χ0) is 26.0. The molecule has 0 aliphatic carbocycles. The maximum absolute atomic E-state index is 8.44. The van der Waals surface area contributed by atoms with Crippen LogP contribution in [-0.2, 0) is 10.9 Å². The van der Waals surface area contributed by atoms with Crippen molar-refractivity contribution >= 4 is 17.1 Å².